The van der Waals surface area contributed by atoms with Crippen LogP contribution in [-0.2, 0) is 4.79 Å². The minimum absolute atomic E-state index is 0.0677. The van der Waals surface area contributed by atoms with Gasteiger partial charge in [-0.3, -0.25) is 10.5 Å². The molecule has 0 spiro atoms. The number of rotatable bonds is 4. The highest BCUT2D eigenvalue weighted by Crippen LogP contribution is 2.22. The summed E-state index contributed by atoms with van der Waals surface area (Å²) in [7, 11) is 0. The van der Waals surface area contributed by atoms with E-state index >= 15 is 0 Å². The number of carbonyl (C=O) groups excluding carboxylic acids is 1. The molecule has 0 heterocycles. The van der Waals surface area contributed by atoms with Crippen molar-refractivity contribution in [2.75, 3.05) is 0 Å². The first-order chi connectivity index (χ1) is 9.12. The van der Waals surface area contributed by atoms with Gasteiger partial charge in [0.1, 0.15) is 16.8 Å². The Kier molecular flexibility index (Phi) is 4.90. The van der Waals surface area contributed by atoms with Gasteiger partial charge in [-0.1, -0.05) is 24.4 Å². The van der Waals surface area contributed by atoms with E-state index in [1.165, 1.54) is 24.3 Å². The molecule has 1 aromatic rings. The second kappa shape index (κ2) is 6.06. The predicted molar refractivity (Wildman–Crippen MR) is 68.7 cm³/mol. The number of phenolic OH excluding ortho intramolecular Hbond substituents is 1. The Morgan fingerprint density at radius 2 is 1.85 bits per heavy atom. The fourth-order valence-corrected chi connectivity index (χ4v) is 1.55. The van der Waals surface area contributed by atoms with Gasteiger partial charge in [0.2, 0.25) is 5.91 Å². The third-order valence-corrected chi connectivity index (χ3v) is 2.65. The Balaban J connectivity index is 2.84. The molecule has 2 unspecified atom stereocenters. The van der Waals surface area contributed by atoms with E-state index < -0.39 is 29.2 Å². The quantitative estimate of drug-likeness (QED) is 0.724. The summed E-state index contributed by atoms with van der Waals surface area (Å²) in [6.45, 7) is 0. The van der Waals surface area contributed by atoms with E-state index in [9.17, 15) is 18.0 Å². The van der Waals surface area contributed by atoms with E-state index in [4.69, 9.17) is 16.6 Å². The van der Waals surface area contributed by atoms with E-state index in [1.54, 1.807) is 5.32 Å². The number of carbonyl (C=O) groups is 1. The molecular weight excluding hydrogens is 295 g/mol. The van der Waals surface area contributed by atoms with Crippen LogP contribution in [0.1, 0.15) is 11.6 Å². The highest BCUT2D eigenvalue weighted by atomic mass is 32.1. The van der Waals surface area contributed by atoms with Gasteiger partial charge in [-0.25, -0.2) is 0 Å². The first-order valence-corrected chi connectivity index (χ1v) is 5.71. The lowest BCUT2D eigenvalue weighted by Crippen LogP contribution is -2.52. The molecule has 0 aliphatic carbocycles. The molecule has 0 bridgehead atoms. The Hall–Kier alpha value is -1.87. The van der Waals surface area contributed by atoms with Gasteiger partial charge in [-0.15, -0.1) is 0 Å². The van der Waals surface area contributed by atoms with Crippen molar-refractivity contribution in [3.63, 3.8) is 0 Å². The highest BCUT2D eigenvalue weighted by Gasteiger charge is 2.43. The maximum Gasteiger partial charge on any atom is 0.415 e. The van der Waals surface area contributed by atoms with Gasteiger partial charge in [0.05, 0.1) is 0 Å². The molecule has 5 N–H and O–H groups in total. The van der Waals surface area contributed by atoms with Crippen LogP contribution in [0.5, 0.6) is 5.75 Å². The number of phenols is 1. The number of aromatic hydroxyl groups is 1. The van der Waals surface area contributed by atoms with Gasteiger partial charge in [-0.2, -0.15) is 13.2 Å². The third kappa shape index (κ3) is 4.07. The molecule has 0 saturated heterocycles. The van der Waals surface area contributed by atoms with Crippen LogP contribution in [0.2, 0.25) is 0 Å². The van der Waals surface area contributed by atoms with Crippen molar-refractivity contribution < 1.29 is 23.1 Å². The van der Waals surface area contributed by atoms with Crippen LogP contribution in [0.15, 0.2) is 24.3 Å². The zero-order valence-electron chi connectivity index (χ0n) is 9.94. The van der Waals surface area contributed by atoms with Crippen molar-refractivity contribution in [1.29, 1.82) is 0 Å². The molecule has 0 saturated carbocycles. The van der Waals surface area contributed by atoms with E-state index in [1.807, 2.05) is 0 Å². The topological polar surface area (TPSA) is 99.2 Å². The molecule has 1 amide bonds. The number of hydrogen-bond donors (Lipinski definition) is 3. The SMILES string of the molecule is [NH]C(=S)C(NC(=O)C(N)c1ccc(O)cc1)C(F)(F)F. The second-order valence-electron chi connectivity index (χ2n) is 3.92. The summed E-state index contributed by atoms with van der Waals surface area (Å²) in [5.41, 5.74) is 12.6. The number of nitrogens with one attached hydrogen (secondary N) is 2. The van der Waals surface area contributed by atoms with Gasteiger partial charge in [0, 0.05) is 0 Å². The van der Waals surface area contributed by atoms with Gasteiger partial charge < -0.3 is 16.2 Å². The number of thiocarbonyl (C=S) groups is 1. The fourth-order valence-electron chi connectivity index (χ4n) is 1.36. The van der Waals surface area contributed by atoms with Crippen molar-refractivity contribution in [3.8, 4) is 5.75 Å². The van der Waals surface area contributed by atoms with Crippen LogP contribution in [0, 0.1) is 0 Å². The van der Waals surface area contributed by atoms with E-state index in [-0.39, 0.29) is 11.3 Å². The molecule has 5 nitrogen and oxygen atoms in total. The van der Waals surface area contributed by atoms with Crippen LogP contribution in [-0.4, -0.2) is 28.2 Å². The minimum atomic E-state index is -4.86. The lowest BCUT2D eigenvalue weighted by molar-refractivity contribution is -0.149. The summed E-state index contributed by atoms with van der Waals surface area (Å²) in [6.07, 6.45) is -4.86. The molecule has 0 aliphatic rings. The number of benzene rings is 1. The van der Waals surface area contributed by atoms with Crippen LogP contribution < -0.4 is 16.8 Å². The molecule has 20 heavy (non-hydrogen) atoms. The van der Waals surface area contributed by atoms with Gasteiger partial charge in [-0.05, 0) is 17.7 Å². The number of hydrogen-bond acceptors (Lipinski definition) is 4. The summed E-state index contributed by atoms with van der Waals surface area (Å²) in [6, 6.07) is 1.20. The van der Waals surface area contributed by atoms with Crippen LogP contribution >= 0.6 is 12.2 Å². The zero-order chi connectivity index (χ0) is 15.5. The summed E-state index contributed by atoms with van der Waals surface area (Å²) in [5.74, 6) is -1.19. The monoisotopic (exact) mass is 306 g/mol. The molecule has 1 aromatic carbocycles. The molecule has 2 atom stereocenters. The number of halogens is 3. The molecule has 109 valence electrons. The average Bonchev–Trinajstić information content (AvgIpc) is 2.33. The van der Waals surface area contributed by atoms with Gasteiger partial charge in [0.25, 0.3) is 0 Å². The maximum atomic E-state index is 12.6. The molecule has 0 aromatic heterocycles. The summed E-state index contributed by atoms with van der Waals surface area (Å²) in [5, 5.41) is 10.7. The molecule has 1 radical (unpaired) electrons. The van der Waals surface area contributed by atoms with Crippen molar-refractivity contribution in [2.24, 2.45) is 5.73 Å². The average molecular weight is 306 g/mol. The summed E-state index contributed by atoms with van der Waals surface area (Å²) < 4.78 is 37.7. The smallest absolute Gasteiger partial charge is 0.415 e. The normalized spacial score (nSPS) is 14.4. The fraction of sp³-hybridized carbons (Fsp3) is 0.273. The van der Waals surface area contributed by atoms with Crippen LogP contribution in [0.4, 0.5) is 13.2 Å². The lowest BCUT2D eigenvalue weighted by Gasteiger charge is -2.22. The van der Waals surface area contributed by atoms with Crippen molar-refractivity contribution in [1.82, 2.24) is 11.1 Å². The Morgan fingerprint density at radius 1 is 1.35 bits per heavy atom. The number of nitrogens with two attached hydrogens (primary N) is 1. The Labute approximate surface area is 117 Å². The Morgan fingerprint density at radius 3 is 2.25 bits per heavy atom. The van der Waals surface area contributed by atoms with E-state index in [0.717, 1.165) is 0 Å². The first kappa shape index (κ1) is 16.2. The van der Waals surface area contributed by atoms with Crippen molar-refractivity contribution in [3.05, 3.63) is 29.8 Å². The highest BCUT2D eigenvalue weighted by molar-refractivity contribution is 7.80. The van der Waals surface area contributed by atoms with Crippen LogP contribution in [0.3, 0.4) is 0 Å². The molecular formula is C11H11F3N3O2S. The van der Waals surface area contributed by atoms with Gasteiger partial charge in [0.15, 0.2) is 6.04 Å². The molecule has 0 fully saturated rings. The molecule has 0 aliphatic heterocycles. The summed E-state index contributed by atoms with van der Waals surface area (Å²) in [4.78, 5) is 10.5. The minimum Gasteiger partial charge on any atom is -0.508 e. The number of alkyl halides is 3. The first-order valence-electron chi connectivity index (χ1n) is 5.30. The Bertz CT molecular complexity index is 505. The number of amides is 1. The zero-order valence-corrected chi connectivity index (χ0v) is 10.8. The molecule has 1 rings (SSSR count). The molecule has 9 heteroatoms. The van der Waals surface area contributed by atoms with Crippen molar-refractivity contribution in [2.45, 2.75) is 18.3 Å². The third-order valence-electron chi connectivity index (χ3n) is 2.41. The largest absolute Gasteiger partial charge is 0.508 e. The van der Waals surface area contributed by atoms with E-state index in [2.05, 4.69) is 12.2 Å². The summed E-state index contributed by atoms with van der Waals surface area (Å²) >= 11 is 4.16. The van der Waals surface area contributed by atoms with Crippen molar-refractivity contribution >= 4 is 23.1 Å². The van der Waals surface area contributed by atoms with Gasteiger partial charge >= 0.3 is 6.18 Å². The van der Waals surface area contributed by atoms with Crippen LogP contribution in [0.25, 0.3) is 0 Å². The lowest BCUT2D eigenvalue weighted by atomic mass is 10.1. The second-order valence-corrected chi connectivity index (χ2v) is 4.36. The predicted octanol–water partition coefficient (Wildman–Crippen LogP) is 1.05. The maximum absolute atomic E-state index is 12.6. The van der Waals surface area contributed by atoms with E-state index in [0.29, 0.717) is 0 Å². The standard InChI is InChI=1S/C11H11F3N3O2S/c12-11(13,14)8(9(16)20)17-10(19)7(15)5-1-3-6(18)4-2-5/h1-4,7-8,16,18H,15H2,(H,17,19).